The van der Waals surface area contributed by atoms with Gasteiger partial charge >= 0.3 is 23.9 Å². The summed E-state index contributed by atoms with van der Waals surface area (Å²) in [5.41, 5.74) is 0.637. The second-order valence-corrected chi connectivity index (χ2v) is 7.86. The van der Waals surface area contributed by atoms with Crippen LogP contribution in [-0.2, 0) is 38.1 Å². The molecule has 0 aromatic rings. The van der Waals surface area contributed by atoms with Gasteiger partial charge in [-0.05, 0) is 33.6 Å². The summed E-state index contributed by atoms with van der Waals surface area (Å²) in [4.78, 5) is 46.1. The molecule has 0 aromatic carbocycles. The van der Waals surface area contributed by atoms with Gasteiger partial charge in [-0.2, -0.15) is 0 Å². The highest BCUT2D eigenvalue weighted by Crippen LogP contribution is 2.04. The summed E-state index contributed by atoms with van der Waals surface area (Å²) >= 11 is 0. The fourth-order valence-corrected chi connectivity index (χ4v) is 2.34. The number of ether oxygens (including phenoxy) is 4. The molecule has 190 valence electrons. The first-order chi connectivity index (χ1) is 15.0. The Labute approximate surface area is 207 Å². The monoisotopic (exact) mass is 535 g/mol. The number of hydrogen-bond donors (Lipinski definition) is 0. The lowest BCUT2D eigenvalue weighted by Crippen LogP contribution is -3.00. The van der Waals surface area contributed by atoms with Crippen LogP contribution >= 0.6 is 0 Å². The maximum Gasteiger partial charge on any atom is 0.333 e. The van der Waals surface area contributed by atoms with Crippen molar-refractivity contribution in [3.63, 3.8) is 0 Å². The third-order valence-electron chi connectivity index (χ3n) is 4.77. The second-order valence-electron chi connectivity index (χ2n) is 7.86. The van der Waals surface area contributed by atoms with Crippen LogP contribution in [0.15, 0.2) is 24.3 Å². The molecule has 33 heavy (non-hydrogen) atoms. The average Bonchev–Trinajstić information content (AvgIpc) is 2.73. The van der Waals surface area contributed by atoms with Gasteiger partial charge in [0, 0.05) is 24.0 Å². The van der Waals surface area contributed by atoms with Crippen LogP contribution in [0.1, 0.15) is 46.5 Å². The Hall–Kier alpha value is -2.20. The van der Waals surface area contributed by atoms with Crippen LogP contribution in [0.5, 0.6) is 0 Å². The summed E-state index contributed by atoms with van der Waals surface area (Å²) in [6.45, 7) is 14.8. The van der Waals surface area contributed by atoms with Crippen LogP contribution in [0.3, 0.4) is 0 Å². The summed E-state index contributed by atoms with van der Waals surface area (Å²) < 4.78 is 20.9. The van der Waals surface area contributed by atoms with Crippen molar-refractivity contribution in [1.82, 2.24) is 0 Å². The fraction of sp³-hybridized carbons (Fsp3) is 0.652. The number of halogens is 1. The molecule has 0 bridgehead atoms. The molecular weight excluding hydrogens is 498 g/mol. The fourth-order valence-electron chi connectivity index (χ4n) is 2.34. The largest absolute Gasteiger partial charge is 1.00 e. The SMILES string of the molecule is C=C(C)C(=O)OCCCC(=O)OCC[N+](C)(CC)CCOC(=O)CCCOC(=O)C(=C)C.[Br-]. The van der Waals surface area contributed by atoms with Crippen LogP contribution in [0.4, 0.5) is 0 Å². The van der Waals surface area contributed by atoms with E-state index in [1.807, 2.05) is 14.0 Å². The van der Waals surface area contributed by atoms with E-state index in [4.69, 9.17) is 18.9 Å². The molecule has 0 aromatic heterocycles. The second kappa shape index (κ2) is 18.3. The number of carbonyl (C=O) groups is 4. The Morgan fingerprint density at radius 3 is 1.36 bits per heavy atom. The first-order valence-electron chi connectivity index (χ1n) is 10.8. The average molecular weight is 536 g/mol. The minimum Gasteiger partial charge on any atom is -1.00 e. The standard InChI is InChI=1S/C23H38NO8.BrH/c1-7-24(6,12-16-29-20(25)10-8-14-31-22(27)18(2)3)13-17-30-21(26)11-9-15-32-23(28)19(4)5;/h2,4,7-17H2,1,3,5-6H3;1H/q+1;/p-1. The highest BCUT2D eigenvalue weighted by atomic mass is 79.9. The van der Waals surface area contributed by atoms with Gasteiger partial charge in [-0.25, -0.2) is 9.59 Å². The molecule has 0 fully saturated rings. The van der Waals surface area contributed by atoms with Crippen LogP contribution in [0.25, 0.3) is 0 Å². The van der Waals surface area contributed by atoms with Crippen LogP contribution in [-0.4, -0.2) is 81.5 Å². The van der Waals surface area contributed by atoms with Crippen molar-refractivity contribution < 1.29 is 59.6 Å². The topological polar surface area (TPSA) is 105 Å². The van der Waals surface area contributed by atoms with E-state index in [-0.39, 0.29) is 68.2 Å². The molecule has 0 spiro atoms. The lowest BCUT2D eigenvalue weighted by Gasteiger charge is -2.32. The van der Waals surface area contributed by atoms with E-state index >= 15 is 0 Å². The van der Waals surface area contributed by atoms with Crippen molar-refractivity contribution in [3.05, 3.63) is 24.3 Å². The summed E-state index contributed by atoms with van der Waals surface area (Å²) in [5, 5.41) is 0. The molecule has 0 unspecified atom stereocenters. The predicted molar refractivity (Wildman–Crippen MR) is 118 cm³/mol. The lowest BCUT2D eigenvalue weighted by atomic mass is 10.3. The third kappa shape index (κ3) is 17.0. The molecule has 0 aliphatic heterocycles. The molecule has 0 atom stereocenters. The molecule has 9 nitrogen and oxygen atoms in total. The summed E-state index contributed by atoms with van der Waals surface area (Å²) in [6.07, 6.45) is 1.11. The van der Waals surface area contributed by atoms with E-state index in [1.165, 1.54) is 0 Å². The summed E-state index contributed by atoms with van der Waals surface area (Å²) in [7, 11) is 2.00. The maximum atomic E-state index is 11.8. The molecule has 0 amide bonds. The van der Waals surface area contributed by atoms with Gasteiger partial charge in [0.1, 0.15) is 26.3 Å². The molecule has 10 heteroatoms. The molecule has 0 radical (unpaired) electrons. The van der Waals surface area contributed by atoms with Crippen molar-refractivity contribution in [3.8, 4) is 0 Å². The quantitative estimate of drug-likeness (QED) is 0.0794. The van der Waals surface area contributed by atoms with E-state index in [0.29, 0.717) is 41.6 Å². The minimum atomic E-state index is -0.471. The molecule has 0 aliphatic carbocycles. The Balaban J connectivity index is 0. The molecule has 0 rings (SSSR count). The zero-order chi connectivity index (χ0) is 24.6. The highest BCUT2D eigenvalue weighted by molar-refractivity contribution is 5.87. The predicted octanol–water partition coefficient (Wildman–Crippen LogP) is -0.658. The molecule has 0 saturated heterocycles. The molecule has 0 heterocycles. The van der Waals surface area contributed by atoms with E-state index in [0.717, 1.165) is 6.54 Å². The van der Waals surface area contributed by atoms with Gasteiger partial charge in [-0.15, -0.1) is 0 Å². The summed E-state index contributed by atoms with van der Waals surface area (Å²) in [5.74, 6) is -1.64. The van der Waals surface area contributed by atoms with E-state index < -0.39 is 11.9 Å². The van der Waals surface area contributed by atoms with E-state index in [2.05, 4.69) is 13.2 Å². The lowest BCUT2D eigenvalue weighted by molar-refractivity contribution is -0.908. The molecule has 0 saturated carbocycles. The van der Waals surface area contributed by atoms with Gasteiger partial charge in [-0.3, -0.25) is 9.59 Å². The van der Waals surface area contributed by atoms with Gasteiger partial charge in [0.15, 0.2) is 0 Å². The van der Waals surface area contributed by atoms with Gasteiger partial charge in [0.05, 0.1) is 26.8 Å². The van der Waals surface area contributed by atoms with Gasteiger partial charge in [0.2, 0.25) is 0 Å². The summed E-state index contributed by atoms with van der Waals surface area (Å²) in [6, 6.07) is 0. The first-order valence-corrected chi connectivity index (χ1v) is 10.8. The van der Waals surface area contributed by atoms with Gasteiger partial charge in [-0.1, -0.05) is 13.2 Å². The minimum absolute atomic E-state index is 0. The molecule has 0 N–H and O–H groups in total. The van der Waals surface area contributed by atoms with Gasteiger partial charge in [0.25, 0.3) is 0 Å². The number of rotatable bonds is 17. The zero-order valence-electron chi connectivity index (χ0n) is 20.3. The first kappa shape index (κ1) is 33.0. The Morgan fingerprint density at radius 1 is 0.697 bits per heavy atom. The van der Waals surface area contributed by atoms with E-state index in [9.17, 15) is 19.2 Å². The molecule has 0 aliphatic rings. The number of quaternary nitrogens is 1. The number of likely N-dealkylation sites (N-methyl/N-ethyl adjacent to an activating group) is 1. The number of hydrogen-bond acceptors (Lipinski definition) is 8. The number of esters is 4. The van der Waals surface area contributed by atoms with Crippen molar-refractivity contribution in [2.75, 3.05) is 53.1 Å². The van der Waals surface area contributed by atoms with E-state index in [1.54, 1.807) is 13.8 Å². The maximum absolute atomic E-state index is 11.8. The third-order valence-corrected chi connectivity index (χ3v) is 4.77. The van der Waals surface area contributed by atoms with Gasteiger partial charge < -0.3 is 40.4 Å². The van der Waals surface area contributed by atoms with Crippen LogP contribution in [0.2, 0.25) is 0 Å². The normalized spacial score (nSPS) is 10.4. The van der Waals surface area contributed by atoms with Crippen molar-refractivity contribution in [1.29, 1.82) is 0 Å². The Bertz CT molecular complexity index is 625. The van der Waals surface area contributed by atoms with Crippen LogP contribution in [0, 0.1) is 0 Å². The smallest absolute Gasteiger partial charge is 0.333 e. The van der Waals surface area contributed by atoms with Crippen molar-refractivity contribution >= 4 is 23.9 Å². The van der Waals surface area contributed by atoms with Crippen LogP contribution < -0.4 is 17.0 Å². The Morgan fingerprint density at radius 2 is 1.06 bits per heavy atom. The van der Waals surface area contributed by atoms with Crippen molar-refractivity contribution in [2.24, 2.45) is 0 Å². The Kier molecular flexibility index (Phi) is 18.2. The highest BCUT2D eigenvalue weighted by Gasteiger charge is 2.20. The number of carbonyl (C=O) groups excluding carboxylic acids is 4. The molecular formula is C23H38BrNO8. The van der Waals surface area contributed by atoms with Crippen molar-refractivity contribution in [2.45, 2.75) is 46.5 Å². The zero-order valence-corrected chi connectivity index (χ0v) is 21.9. The number of nitrogens with zero attached hydrogens (tertiary/aromatic N) is 1.